The van der Waals surface area contributed by atoms with Crippen LogP contribution in [0.15, 0.2) is 0 Å². The molecular formula is C12H21NO3. The molecule has 1 fully saturated rings. The van der Waals surface area contributed by atoms with Crippen LogP contribution >= 0.6 is 0 Å². The lowest BCUT2D eigenvalue weighted by molar-refractivity contribution is -0.139. The van der Waals surface area contributed by atoms with Gasteiger partial charge in [0.05, 0.1) is 0 Å². The summed E-state index contributed by atoms with van der Waals surface area (Å²) in [5, 5.41) is 8.51. The standard InChI is InChI=1S/C12H21NO3/c1-13(9-5-8-11(14)15)12(16)10-6-3-2-4-7-10/h10H,2-9H2,1H3,(H,14,15). The molecule has 16 heavy (non-hydrogen) atoms. The van der Waals surface area contributed by atoms with E-state index in [0.717, 1.165) is 25.7 Å². The quantitative estimate of drug-likeness (QED) is 0.780. The molecule has 0 unspecified atom stereocenters. The van der Waals surface area contributed by atoms with E-state index in [9.17, 15) is 9.59 Å². The topological polar surface area (TPSA) is 57.6 Å². The van der Waals surface area contributed by atoms with Crippen molar-refractivity contribution >= 4 is 11.9 Å². The summed E-state index contributed by atoms with van der Waals surface area (Å²) < 4.78 is 0. The zero-order chi connectivity index (χ0) is 12.0. The van der Waals surface area contributed by atoms with Crippen molar-refractivity contribution < 1.29 is 14.7 Å². The number of hydrogen-bond acceptors (Lipinski definition) is 2. The molecule has 0 aromatic heterocycles. The lowest BCUT2D eigenvalue weighted by Gasteiger charge is -2.26. The molecule has 92 valence electrons. The Labute approximate surface area is 96.6 Å². The number of aliphatic carboxylic acids is 1. The van der Waals surface area contributed by atoms with Gasteiger partial charge in [0.1, 0.15) is 0 Å². The second kappa shape index (κ2) is 6.51. The van der Waals surface area contributed by atoms with Gasteiger partial charge < -0.3 is 10.0 Å². The fourth-order valence-electron chi connectivity index (χ4n) is 2.24. The number of nitrogens with zero attached hydrogens (tertiary/aromatic N) is 1. The molecule has 0 heterocycles. The number of carbonyl (C=O) groups is 2. The molecule has 4 heteroatoms. The summed E-state index contributed by atoms with van der Waals surface area (Å²) >= 11 is 0. The highest BCUT2D eigenvalue weighted by Crippen LogP contribution is 2.25. The van der Waals surface area contributed by atoms with E-state index in [4.69, 9.17) is 5.11 Å². The van der Waals surface area contributed by atoms with Crippen LogP contribution in [-0.4, -0.2) is 35.5 Å². The molecule has 0 aromatic carbocycles. The normalized spacial score (nSPS) is 17.1. The Kier molecular flexibility index (Phi) is 5.29. The summed E-state index contributed by atoms with van der Waals surface area (Å²) in [5.41, 5.74) is 0. The second-order valence-corrected chi connectivity index (χ2v) is 4.59. The van der Waals surface area contributed by atoms with Crippen LogP contribution in [0, 0.1) is 5.92 Å². The average Bonchev–Trinajstić information content (AvgIpc) is 2.28. The number of carboxylic acid groups (broad SMARTS) is 1. The zero-order valence-corrected chi connectivity index (χ0v) is 9.95. The largest absolute Gasteiger partial charge is 0.481 e. The summed E-state index contributed by atoms with van der Waals surface area (Å²) in [5.74, 6) is -0.410. The van der Waals surface area contributed by atoms with Crippen molar-refractivity contribution in [1.29, 1.82) is 0 Å². The molecule has 0 spiro atoms. The van der Waals surface area contributed by atoms with E-state index in [-0.39, 0.29) is 18.2 Å². The summed E-state index contributed by atoms with van der Waals surface area (Å²) in [6.07, 6.45) is 6.24. The molecule has 4 nitrogen and oxygen atoms in total. The van der Waals surface area contributed by atoms with Crippen molar-refractivity contribution in [3.05, 3.63) is 0 Å². The van der Waals surface area contributed by atoms with Crippen LogP contribution in [0.3, 0.4) is 0 Å². The third-order valence-electron chi connectivity index (χ3n) is 3.21. The lowest BCUT2D eigenvalue weighted by Crippen LogP contribution is -2.34. The van der Waals surface area contributed by atoms with Crippen molar-refractivity contribution in [2.24, 2.45) is 5.92 Å². The second-order valence-electron chi connectivity index (χ2n) is 4.59. The maximum Gasteiger partial charge on any atom is 0.303 e. The van der Waals surface area contributed by atoms with Crippen LogP contribution in [-0.2, 0) is 9.59 Å². The van der Waals surface area contributed by atoms with Crippen LogP contribution in [0.1, 0.15) is 44.9 Å². The SMILES string of the molecule is CN(CCCC(=O)O)C(=O)C1CCCCC1. The third-order valence-corrected chi connectivity index (χ3v) is 3.21. The van der Waals surface area contributed by atoms with Crippen molar-refractivity contribution in [1.82, 2.24) is 4.90 Å². The molecule has 0 bridgehead atoms. The van der Waals surface area contributed by atoms with Crippen LogP contribution < -0.4 is 0 Å². The molecule has 1 rings (SSSR count). The Morgan fingerprint density at radius 1 is 1.25 bits per heavy atom. The Hall–Kier alpha value is -1.06. The molecule has 0 aromatic rings. The molecule has 0 radical (unpaired) electrons. The van der Waals surface area contributed by atoms with Gasteiger partial charge in [-0.2, -0.15) is 0 Å². The zero-order valence-electron chi connectivity index (χ0n) is 9.95. The molecule has 1 amide bonds. The Bertz CT molecular complexity index is 247. The predicted octanol–water partition coefficient (Wildman–Crippen LogP) is 1.89. The molecular weight excluding hydrogens is 206 g/mol. The number of hydrogen-bond donors (Lipinski definition) is 1. The van der Waals surface area contributed by atoms with E-state index < -0.39 is 5.97 Å². The molecule has 0 atom stereocenters. The van der Waals surface area contributed by atoms with Crippen LogP contribution in [0.2, 0.25) is 0 Å². The van der Waals surface area contributed by atoms with Gasteiger partial charge in [0.2, 0.25) is 5.91 Å². The summed E-state index contributed by atoms with van der Waals surface area (Å²) in [4.78, 5) is 24.0. The van der Waals surface area contributed by atoms with Crippen LogP contribution in [0.5, 0.6) is 0 Å². The Balaban J connectivity index is 2.26. The maximum atomic E-state index is 12.0. The van der Waals surface area contributed by atoms with E-state index in [0.29, 0.717) is 13.0 Å². The van der Waals surface area contributed by atoms with E-state index in [1.165, 1.54) is 6.42 Å². The van der Waals surface area contributed by atoms with E-state index in [1.807, 2.05) is 0 Å². The van der Waals surface area contributed by atoms with Gasteiger partial charge in [0, 0.05) is 25.9 Å². The monoisotopic (exact) mass is 227 g/mol. The average molecular weight is 227 g/mol. The third kappa shape index (κ3) is 4.21. The number of carbonyl (C=O) groups excluding carboxylic acids is 1. The van der Waals surface area contributed by atoms with Gasteiger partial charge in [0.15, 0.2) is 0 Å². The molecule has 0 aliphatic heterocycles. The number of amides is 1. The van der Waals surface area contributed by atoms with Gasteiger partial charge in [-0.1, -0.05) is 19.3 Å². The van der Waals surface area contributed by atoms with Crippen LogP contribution in [0.25, 0.3) is 0 Å². The Morgan fingerprint density at radius 2 is 1.88 bits per heavy atom. The molecule has 1 N–H and O–H groups in total. The highest BCUT2D eigenvalue weighted by atomic mass is 16.4. The minimum absolute atomic E-state index is 0.141. The molecule has 0 saturated heterocycles. The van der Waals surface area contributed by atoms with Gasteiger partial charge >= 0.3 is 5.97 Å². The fourth-order valence-corrected chi connectivity index (χ4v) is 2.24. The van der Waals surface area contributed by atoms with Crippen molar-refractivity contribution in [3.8, 4) is 0 Å². The van der Waals surface area contributed by atoms with Gasteiger partial charge in [-0.05, 0) is 19.3 Å². The smallest absolute Gasteiger partial charge is 0.303 e. The fraction of sp³-hybridized carbons (Fsp3) is 0.833. The minimum Gasteiger partial charge on any atom is -0.481 e. The van der Waals surface area contributed by atoms with Gasteiger partial charge in [-0.25, -0.2) is 0 Å². The highest BCUT2D eigenvalue weighted by molar-refractivity contribution is 5.78. The van der Waals surface area contributed by atoms with Gasteiger partial charge in [-0.15, -0.1) is 0 Å². The summed E-state index contributed by atoms with van der Waals surface area (Å²) in [7, 11) is 1.78. The molecule has 1 saturated carbocycles. The van der Waals surface area contributed by atoms with E-state index in [2.05, 4.69) is 0 Å². The highest BCUT2D eigenvalue weighted by Gasteiger charge is 2.23. The summed E-state index contributed by atoms with van der Waals surface area (Å²) in [6, 6.07) is 0. The lowest BCUT2D eigenvalue weighted by atomic mass is 9.88. The van der Waals surface area contributed by atoms with Gasteiger partial charge in [-0.3, -0.25) is 9.59 Å². The molecule has 1 aliphatic carbocycles. The first-order valence-corrected chi connectivity index (χ1v) is 6.08. The van der Waals surface area contributed by atoms with Gasteiger partial charge in [0.25, 0.3) is 0 Å². The van der Waals surface area contributed by atoms with Crippen molar-refractivity contribution in [3.63, 3.8) is 0 Å². The first kappa shape index (κ1) is 13.0. The molecule has 1 aliphatic rings. The number of carboxylic acids is 1. The van der Waals surface area contributed by atoms with E-state index in [1.54, 1.807) is 11.9 Å². The van der Waals surface area contributed by atoms with Crippen LogP contribution in [0.4, 0.5) is 0 Å². The summed E-state index contributed by atoms with van der Waals surface area (Å²) in [6.45, 7) is 0.557. The Morgan fingerprint density at radius 3 is 2.44 bits per heavy atom. The van der Waals surface area contributed by atoms with Crippen molar-refractivity contribution in [2.75, 3.05) is 13.6 Å². The predicted molar refractivity (Wildman–Crippen MR) is 61.1 cm³/mol. The minimum atomic E-state index is -0.793. The van der Waals surface area contributed by atoms with E-state index >= 15 is 0 Å². The first-order chi connectivity index (χ1) is 7.61. The number of rotatable bonds is 5. The maximum absolute atomic E-state index is 12.0. The van der Waals surface area contributed by atoms with Crippen molar-refractivity contribution in [2.45, 2.75) is 44.9 Å². The first-order valence-electron chi connectivity index (χ1n) is 6.08.